The number of benzene rings is 1. The van der Waals surface area contributed by atoms with E-state index in [0.717, 1.165) is 12.8 Å². The first-order chi connectivity index (χ1) is 14.6. The second-order valence-electron chi connectivity index (χ2n) is 6.95. The van der Waals surface area contributed by atoms with E-state index in [1.54, 1.807) is 6.92 Å². The van der Waals surface area contributed by atoms with Crippen LogP contribution in [0.3, 0.4) is 0 Å². The molecule has 2 aromatic heterocycles. The van der Waals surface area contributed by atoms with E-state index in [4.69, 9.17) is 18.9 Å². The summed E-state index contributed by atoms with van der Waals surface area (Å²) in [6.45, 7) is 2.41. The molecule has 8 nitrogen and oxygen atoms in total. The SMILES string of the molecule is CCOC(=O)c1c[nH]c2c(-c3cc(F)c(OCOC)cc3OCC3CC3)ncnc12. The van der Waals surface area contributed by atoms with Crippen LogP contribution in [0.5, 0.6) is 11.5 Å². The van der Waals surface area contributed by atoms with Gasteiger partial charge in [0.05, 0.1) is 18.7 Å². The highest BCUT2D eigenvalue weighted by molar-refractivity contribution is 6.05. The molecule has 30 heavy (non-hydrogen) atoms. The second-order valence-corrected chi connectivity index (χ2v) is 6.95. The Bertz CT molecular complexity index is 1060. The predicted molar refractivity (Wildman–Crippen MR) is 106 cm³/mol. The van der Waals surface area contributed by atoms with Crippen molar-refractivity contribution in [3.63, 3.8) is 0 Å². The van der Waals surface area contributed by atoms with E-state index in [1.807, 2.05) is 0 Å². The first kappa shape index (κ1) is 20.1. The van der Waals surface area contributed by atoms with E-state index in [-0.39, 0.29) is 24.7 Å². The van der Waals surface area contributed by atoms with Gasteiger partial charge in [-0.15, -0.1) is 0 Å². The maximum Gasteiger partial charge on any atom is 0.341 e. The van der Waals surface area contributed by atoms with Crippen molar-refractivity contribution in [1.82, 2.24) is 15.0 Å². The Morgan fingerprint density at radius 1 is 1.23 bits per heavy atom. The number of nitrogens with one attached hydrogen (secondary N) is 1. The van der Waals surface area contributed by atoms with Crippen LogP contribution >= 0.6 is 0 Å². The summed E-state index contributed by atoms with van der Waals surface area (Å²) in [4.78, 5) is 23.7. The number of aromatic amines is 1. The highest BCUT2D eigenvalue weighted by Gasteiger charge is 2.25. The summed E-state index contributed by atoms with van der Waals surface area (Å²) in [7, 11) is 1.46. The summed E-state index contributed by atoms with van der Waals surface area (Å²) in [5.74, 6) is -0.118. The minimum Gasteiger partial charge on any atom is -0.492 e. The summed E-state index contributed by atoms with van der Waals surface area (Å²) in [5.41, 5.74) is 2.02. The van der Waals surface area contributed by atoms with Crippen LogP contribution in [0.25, 0.3) is 22.3 Å². The summed E-state index contributed by atoms with van der Waals surface area (Å²) in [6, 6.07) is 2.80. The molecule has 0 bridgehead atoms. The van der Waals surface area contributed by atoms with Crippen molar-refractivity contribution in [3.05, 3.63) is 36.0 Å². The molecule has 0 aliphatic heterocycles. The fraction of sp³-hybridized carbons (Fsp3) is 0.381. The minimum absolute atomic E-state index is 0.0235. The lowest BCUT2D eigenvalue weighted by atomic mass is 10.1. The number of hydrogen-bond acceptors (Lipinski definition) is 7. The molecule has 0 atom stereocenters. The molecule has 9 heteroatoms. The first-order valence-electron chi connectivity index (χ1n) is 9.70. The lowest BCUT2D eigenvalue weighted by molar-refractivity contribution is 0.0480. The number of methoxy groups -OCH3 is 1. The number of fused-ring (bicyclic) bond motifs is 1. The Hall–Kier alpha value is -3.20. The third-order valence-electron chi connectivity index (χ3n) is 4.75. The lowest BCUT2D eigenvalue weighted by Crippen LogP contribution is -2.05. The Labute approximate surface area is 172 Å². The van der Waals surface area contributed by atoms with Crippen LogP contribution in [-0.4, -0.2) is 48.0 Å². The van der Waals surface area contributed by atoms with Gasteiger partial charge in [-0.05, 0) is 31.7 Å². The van der Waals surface area contributed by atoms with Gasteiger partial charge in [-0.25, -0.2) is 19.2 Å². The highest BCUT2D eigenvalue weighted by atomic mass is 19.1. The molecular weight excluding hydrogens is 393 g/mol. The van der Waals surface area contributed by atoms with Crippen molar-refractivity contribution in [1.29, 1.82) is 0 Å². The highest BCUT2D eigenvalue weighted by Crippen LogP contribution is 2.39. The second kappa shape index (κ2) is 8.66. The van der Waals surface area contributed by atoms with Crippen molar-refractivity contribution in [2.45, 2.75) is 19.8 Å². The van der Waals surface area contributed by atoms with Gasteiger partial charge in [0.15, 0.2) is 18.4 Å². The van der Waals surface area contributed by atoms with Gasteiger partial charge >= 0.3 is 5.97 Å². The Kier molecular flexibility index (Phi) is 5.80. The third-order valence-corrected chi connectivity index (χ3v) is 4.75. The number of aromatic nitrogens is 3. The number of hydrogen-bond donors (Lipinski definition) is 1. The van der Waals surface area contributed by atoms with Crippen molar-refractivity contribution in [2.75, 3.05) is 27.1 Å². The monoisotopic (exact) mass is 415 g/mol. The Morgan fingerprint density at radius 3 is 2.80 bits per heavy atom. The molecule has 1 aromatic carbocycles. The number of nitrogens with zero attached hydrogens (tertiary/aromatic N) is 2. The van der Waals surface area contributed by atoms with Crippen LogP contribution in [0, 0.1) is 11.7 Å². The number of carbonyl (C=O) groups is 1. The minimum atomic E-state index is -0.579. The van der Waals surface area contributed by atoms with Gasteiger partial charge in [-0.1, -0.05) is 0 Å². The molecule has 1 N–H and O–H groups in total. The van der Waals surface area contributed by atoms with Gasteiger partial charge in [0.2, 0.25) is 0 Å². The van der Waals surface area contributed by atoms with Gasteiger partial charge in [0.25, 0.3) is 0 Å². The lowest BCUT2D eigenvalue weighted by Gasteiger charge is -2.14. The smallest absolute Gasteiger partial charge is 0.341 e. The molecule has 1 aliphatic carbocycles. The average molecular weight is 415 g/mol. The number of halogens is 1. The Balaban J connectivity index is 1.79. The number of esters is 1. The molecule has 1 fully saturated rings. The molecule has 0 amide bonds. The fourth-order valence-corrected chi connectivity index (χ4v) is 3.07. The normalized spacial score (nSPS) is 13.4. The van der Waals surface area contributed by atoms with Gasteiger partial charge < -0.3 is 23.9 Å². The van der Waals surface area contributed by atoms with Crippen molar-refractivity contribution in [3.8, 4) is 22.8 Å². The Morgan fingerprint density at radius 2 is 2.07 bits per heavy atom. The third kappa shape index (κ3) is 4.06. The fourth-order valence-electron chi connectivity index (χ4n) is 3.07. The van der Waals surface area contributed by atoms with Crippen LogP contribution in [0.2, 0.25) is 0 Å². The molecule has 158 valence electrons. The molecule has 0 spiro atoms. The zero-order chi connectivity index (χ0) is 21.1. The predicted octanol–water partition coefficient (Wildman–Crippen LogP) is 3.71. The van der Waals surface area contributed by atoms with Crippen molar-refractivity contribution in [2.24, 2.45) is 5.92 Å². The number of H-pyrrole nitrogens is 1. The van der Waals surface area contributed by atoms with Crippen LogP contribution in [0.4, 0.5) is 4.39 Å². The van der Waals surface area contributed by atoms with E-state index in [2.05, 4.69) is 15.0 Å². The summed E-state index contributed by atoms with van der Waals surface area (Å²) < 4.78 is 36.0. The maximum atomic E-state index is 14.7. The van der Waals surface area contributed by atoms with Crippen LogP contribution in [0.1, 0.15) is 30.1 Å². The molecule has 1 aliphatic rings. The molecule has 0 unspecified atom stereocenters. The quantitative estimate of drug-likeness (QED) is 0.420. The van der Waals surface area contributed by atoms with E-state index in [0.29, 0.717) is 40.6 Å². The number of rotatable bonds is 9. The zero-order valence-electron chi connectivity index (χ0n) is 16.7. The number of ether oxygens (including phenoxy) is 4. The van der Waals surface area contributed by atoms with Crippen LogP contribution < -0.4 is 9.47 Å². The van der Waals surface area contributed by atoms with Gasteiger partial charge in [0.1, 0.15) is 28.9 Å². The summed E-state index contributed by atoms with van der Waals surface area (Å²) in [6.07, 6.45) is 5.06. The molecule has 0 saturated heterocycles. The van der Waals surface area contributed by atoms with Gasteiger partial charge in [-0.2, -0.15) is 0 Å². The molecule has 1 saturated carbocycles. The van der Waals surface area contributed by atoms with E-state index >= 15 is 0 Å². The largest absolute Gasteiger partial charge is 0.492 e. The van der Waals surface area contributed by atoms with Crippen LogP contribution in [-0.2, 0) is 9.47 Å². The number of carbonyl (C=O) groups excluding carboxylic acids is 1. The molecule has 2 heterocycles. The molecule has 3 aromatic rings. The average Bonchev–Trinajstić information content (AvgIpc) is 3.47. The zero-order valence-corrected chi connectivity index (χ0v) is 16.7. The van der Waals surface area contributed by atoms with Crippen molar-refractivity contribution < 1.29 is 28.1 Å². The van der Waals surface area contributed by atoms with Crippen molar-refractivity contribution >= 4 is 17.0 Å². The summed E-state index contributed by atoms with van der Waals surface area (Å²) >= 11 is 0. The first-order valence-corrected chi connectivity index (χ1v) is 9.70. The summed E-state index contributed by atoms with van der Waals surface area (Å²) in [5, 5.41) is 0. The standard InChI is InChI=1S/C21H22FN3O5/c1-3-28-21(26)14-8-23-20-18(24-10-25-19(14)20)13-6-15(22)17(30-11-27-2)7-16(13)29-9-12-4-5-12/h6-8,10,12,23H,3-5,9,11H2,1-2H3. The van der Waals surface area contributed by atoms with Gasteiger partial charge in [0, 0.05) is 24.9 Å². The van der Waals surface area contributed by atoms with Crippen LogP contribution in [0.15, 0.2) is 24.7 Å². The van der Waals surface area contributed by atoms with E-state index in [9.17, 15) is 9.18 Å². The maximum absolute atomic E-state index is 14.7. The van der Waals surface area contributed by atoms with Gasteiger partial charge in [-0.3, -0.25) is 0 Å². The van der Waals surface area contributed by atoms with E-state index in [1.165, 1.54) is 31.8 Å². The topological polar surface area (TPSA) is 95.6 Å². The molecule has 0 radical (unpaired) electrons. The van der Waals surface area contributed by atoms with E-state index < -0.39 is 11.8 Å². The molecular formula is C21H22FN3O5. The molecule has 4 rings (SSSR count).